The molecule has 1 aromatic carbocycles. The third kappa shape index (κ3) is 1.33. The molecule has 3 heteroatoms. The molecule has 1 heterocycles. The Labute approximate surface area is 69.6 Å². The van der Waals surface area contributed by atoms with Crippen LogP contribution >= 0.6 is 0 Å². The molecule has 2 atom stereocenters. The lowest BCUT2D eigenvalue weighted by molar-refractivity contribution is 0.242. The lowest BCUT2D eigenvalue weighted by Gasteiger charge is -1.93. The Balaban J connectivity index is 2.10. The Morgan fingerprint density at radius 1 is 1.33 bits per heavy atom. The summed E-state index contributed by atoms with van der Waals surface area (Å²) in [5.74, 6) is -0.250. The maximum atomic E-state index is 12.5. The van der Waals surface area contributed by atoms with Gasteiger partial charge in [-0.3, -0.25) is 0 Å². The van der Waals surface area contributed by atoms with Gasteiger partial charge in [0.15, 0.2) is 0 Å². The first-order chi connectivity index (χ1) is 5.81. The number of ether oxygens (including phenoxy) is 1. The van der Waals surface area contributed by atoms with Crippen LogP contribution in [0.5, 0.6) is 0 Å². The summed E-state index contributed by atoms with van der Waals surface area (Å²) in [7, 11) is 0. The van der Waals surface area contributed by atoms with Crippen LogP contribution in [0, 0.1) is 5.82 Å². The van der Waals surface area contributed by atoms with Gasteiger partial charge >= 0.3 is 0 Å². The Morgan fingerprint density at radius 3 is 2.50 bits per heavy atom. The van der Waals surface area contributed by atoms with E-state index in [0.717, 1.165) is 5.56 Å². The van der Waals surface area contributed by atoms with Gasteiger partial charge in [-0.1, -0.05) is 12.1 Å². The SMILES string of the molecule is OC[C@@H]1O[C@@H]1c1ccc(F)cc1. The molecule has 1 aromatic rings. The number of halogens is 1. The van der Waals surface area contributed by atoms with Crippen LogP contribution in [0.3, 0.4) is 0 Å². The molecule has 1 fully saturated rings. The van der Waals surface area contributed by atoms with E-state index in [-0.39, 0.29) is 24.6 Å². The Kier molecular flexibility index (Phi) is 1.83. The molecular formula is C9H9FO2. The van der Waals surface area contributed by atoms with Gasteiger partial charge in [0.05, 0.1) is 6.61 Å². The number of aliphatic hydroxyl groups is 1. The molecule has 64 valence electrons. The first kappa shape index (κ1) is 7.71. The van der Waals surface area contributed by atoms with Gasteiger partial charge in [-0.2, -0.15) is 0 Å². The number of epoxide rings is 1. The first-order valence-corrected chi connectivity index (χ1v) is 3.83. The van der Waals surface area contributed by atoms with Crippen molar-refractivity contribution in [3.8, 4) is 0 Å². The van der Waals surface area contributed by atoms with E-state index in [1.807, 2.05) is 0 Å². The van der Waals surface area contributed by atoms with Crippen LogP contribution in [0.4, 0.5) is 4.39 Å². The van der Waals surface area contributed by atoms with Crippen molar-refractivity contribution in [2.45, 2.75) is 12.2 Å². The molecule has 0 amide bonds. The molecule has 0 aliphatic carbocycles. The highest BCUT2D eigenvalue weighted by molar-refractivity contribution is 5.22. The Hall–Kier alpha value is -0.930. The molecule has 0 saturated carbocycles. The Bertz CT molecular complexity index is 270. The fourth-order valence-corrected chi connectivity index (χ4v) is 1.23. The number of hydrogen-bond acceptors (Lipinski definition) is 2. The molecule has 12 heavy (non-hydrogen) atoms. The van der Waals surface area contributed by atoms with Gasteiger partial charge < -0.3 is 9.84 Å². The second kappa shape index (κ2) is 2.84. The highest BCUT2D eigenvalue weighted by Crippen LogP contribution is 2.37. The van der Waals surface area contributed by atoms with Crippen LogP contribution in [0.2, 0.25) is 0 Å². The van der Waals surface area contributed by atoms with E-state index in [1.165, 1.54) is 12.1 Å². The van der Waals surface area contributed by atoms with Crippen LogP contribution in [0.15, 0.2) is 24.3 Å². The average molecular weight is 168 g/mol. The Morgan fingerprint density at radius 2 is 2.00 bits per heavy atom. The van der Waals surface area contributed by atoms with Crippen molar-refractivity contribution in [3.63, 3.8) is 0 Å². The minimum atomic E-state index is -0.250. The van der Waals surface area contributed by atoms with E-state index in [1.54, 1.807) is 12.1 Å². The summed E-state index contributed by atoms with van der Waals surface area (Å²) in [5.41, 5.74) is 0.926. The predicted octanol–water partition coefficient (Wildman–Crippen LogP) is 1.26. The van der Waals surface area contributed by atoms with Crippen molar-refractivity contribution in [3.05, 3.63) is 35.6 Å². The number of benzene rings is 1. The highest BCUT2D eigenvalue weighted by Gasteiger charge is 2.39. The summed E-state index contributed by atoms with van der Waals surface area (Å²) in [6.07, 6.45) is -0.119. The number of aliphatic hydroxyl groups excluding tert-OH is 1. The maximum absolute atomic E-state index is 12.5. The summed E-state index contributed by atoms with van der Waals surface area (Å²) in [4.78, 5) is 0. The molecule has 2 nitrogen and oxygen atoms in total. The van der Waals surface area contributed by atoms with Crippen LogP contribution in [-0.2, 0) is 4.74 Å². The van der Waals surface area contributed by atoms with Gasteiger partial charge in [0.25, 0.3) is 0 Å². The molecule has 1 aliphatic heterocycles. The zero-order valence-corrected chi connectivity index (χ0v) is 6.40. The third-order valence-electron chi connectivity index (χ3n) is 1.96. The van der Waals surface area contributed by atoms with Gasteiger partial charge in [-0.05, 0) is 17.7 Å². The third-order valence-corrected chi connectivity index (χ3v) is 1.96. The highest BCUT2D eigenvalue weighted by atomic mass is 19.1. The minimum Gasteiger partial charge on any atom is -0.394 e. The van der Waals surface area contributed by atoms with Crippen LogP contribution in [0.25, 0.3) is 0 Å². The standard InChI is InChI=1S/C9H9FO2/c10-7-3-1-6(2-4-7)9-8(5-11)12-9/h1-4,8-9,11H,5H2/t8-,9+/m0/s1. The average Bonchev–Trinajstić information content (AvgIpc) is 2.85. The van der Waals surface area contributed by atoms with E-state index in [9.17, 15) is 4.39 Å². The summed E-state index contributed by atoms with van der Waals surface area (Å²) in [6.45, 7) is 0.0298. The van der Waals surface area contributed by atoms with E-state index < -0.39 is 0 Å². The molecule has 1 saturated heterocycles. The fraction of sp³-hybridized carbons (Fsp3) is 0.333. The van der Waals surface area contributed by atoms with Gasteiger partial charge in [0, 0.05) is 0 Å². The second-order valence-electron chi connectivity index (χ2n) is 2.83. The molecular weight excluding hydrogens is 159 g/mol. The van der Waals surface area contributed by atoms with Crippen LogP contribution < -0.4 is 0 Å². The molecule has 2 rings (SSSR count). The molecule has 0 spiro atoms. The van der Waals surface area contributed by atoms with Gasteiger partial charge in [-0.25, -0.2) is 4.39 Å². The molecule has 0 bridgehead atoms. The van der Waals surface area contributed by atoms with Crippen molar-refractivity contribution >= 4 is 0 Å². The number of rotatable bonds is 2. The van der Waals surface area contributed by atoms with Crippen molar-refractivity contribution in [2.75, 3.05) is 6.61 Å². The van der Waals surface area contributed by atoms with Crippen molar-refractivity contribution < 1.29 is 14.2 Å². The molecule has 0 aromatic heterocycles. The van der Waals surface area contributed by atoms with E-state index >= 15 is 0 Å². The zero-order chi connectivity index (χ0) is 8.55. The minimum absolute atomic E-state index is 0.0298. The molecule has 1 N–H and O–H groups in total. The van der Waals surface area contributed by atoms with E-state index in [4.69, 9.17) is 9.84 Å². The molecule has 1 aliphatic rings. The first-order valence-electron chi connectivity index (χ1n) is 3.83. The maximum Gasteiger partial charge on any atom is 0.123 e. The topological polar surface area (TPSA) is 32.8 Å². The summed E-state index contributed by atoms with van der Waals surface area (Å²) < 4.78 is 17.6. The van der Waals surface area contributed by atoms with Crippen LogP contribution in [0.1, 0.15) is 11.7 Å². The quantitative estimate of drug-likeness (QED) is 0.674. The van der Waals surface area contributed by atoms with Crippen molar-refractivity contribution in [2.24, 2.45) is 0 Å². The van der Waals surface area contributed by atoms with E-state index in [0.29, 0.717) is 0 Å². The van der Waals surface area contributed by atoms with E-state index in [2.05, 4.69) is 0 Å². The zero-order valence-electron chi connectivity index (χ0n) is 6.40. The van der Waals surface area contributed by atoms with Crippen molar-refractivity contribution in [1.82, 2.24) is 0 Å². The number of hydrogen-bond donors (Lipinski definition) is 1. The monoisotopic (exact) mass is 168 g/mol. The lowest BCUT2D eigenvalue weighted by Crippen LogP contribution is -1.94. The molecule has 0 unspecified atom stereocenters. The summed E-state index contributed by atoms with van der Waals surface area (Å²) in [6, 6.07) is 6.14. The summed E-state index contributed by atoms with van der Waals surface area (Å²) in [5, 5.41) is 8.69. The van der Waals surface area contributed by atoms with Crippen LogP contribution in [-0.4, -0.2) is 17.8 Å². The van der Waals surface area contributed by atoms with Gasteiger partial charge in [0.2, 0.25) is 0 Å². The van der Waals surface area contributed by atoms with Gasteiger partial charge in [0.1, 0.15) is 18.0 Å². The normalized spacial score (nSPS) is 27.2. The largest absolute Gasteiger partial charge is 0.394 e. The fourth-order valence-electron chi connectivity index (χ4n) is 1.23. The second-order valence-corrected chi connectivity index (χ2v) is 2.83. The molecule has 0 radical (unpaired) electrons. The summed E-state index contributed by atoms with van der Waals surface area (Å²) >= 11 is 0. The smallest absolute Gasteiger partial charge is 0.123 e. The predicted molar refractivity (Wildman–Crippen MR) is 41.1 cm³/mol. The van der Waals surface area contributed by atoms with Crippen molar-refractivity contribution in [1.29, 1.82) is 0 Å². The van der Waals surface area contributed by atoms with Gasteiger partial charge in [-0.15, -0.1) is 0 Å². The lowest BCUT2D eigenvalue weighted by atomic mass is 10.1.